The summed E-state index contributed by atoms with van der Waals surface area (Å²) in [7, 11) is 0. The highest BCUT2D eigenvalue weighted by atomic mass is 35.5. The predicted molar refractivity (Wildman–Crippen MR) is 92.0 cm³/mol. The van der Waals surface area contributed by atoms with Crippen molar-refractivity contribution in [3.05, 3.63) is 23.2 Å². The number of likely N-dealkylation sites (tertiary alicyclic amines) is 1. The van der Waals surface area contributed by atoms with Gasteiger partial charge in [0.25, 0.3) is 0 Å². The molecular weight excluding hydrogens is 298 g/mol. The van der Waals surface area contributed by atoms with E-state index >= 15 is 0 Å². The van der Waals surface area contributed by atoms with Crippen LogP contribution in [0, 0.1) is 0 Å². The smallest absolute Gasteiger partial charge is 0.321 e. The third-order valence-corrected chi connectivity index (χ3v) is 4.84. The summed E-state index contributed by atoms with van der Waals surface area (Å²) in [5, 5.41) is 3.69. The van der Waals surface area contributed by atoms with E-state index in [1.165, 1.54) is 25.7 Å². The molecule has 2 aliphatic heterocycles. The van der Waals surface area contributed by atoms with E-state index in [2.05, 4.69) is 10.2 Å². The van der Waals surface area contributed by atoms with E-state index in [4.69, 9.17) is 11.6 Å². The van der Waals surface area contributed by atoms with Gasteiger partial charge in [0.15, 0.2) is 0 Å². The molecule has 0 unspecified atom stereocenters. The second-order valence-corrected chi connectivity index (χ2v) is 6.60. The number of nitrogens with zero attached hydrogens (tertiary/aromatic N) is 2. The van der Waals surface area contributed by atoms with Crippen LogP contribution in [0.1, 0.15) is 38.5 Å². The minimum absolute atomic E-state index is 0.0125. The monoisotopic (exact) mass is 321 g/mol. The lowest BCUT2D eigenvalue weighted by atomic mass is 10.1. The molecule has 22 heavy (non-hydrogen) atoms. The van der Waals surface area contributed by atoms with Crippen molar-refractivity contribution in [2.75, 3.05) is 36.4 Å². The summed E-state index contributed by atoms with van der Waals surface area (Å²) in [6.45, 7) is 3.84. The minimum atomic E-state index is -0.0125. The Bertz CT molecular complexity index is 523. The molecule has 3 rings (SSSR count). The molecule has 1 N–H and O–H groups in total. The van der Waals surface area contributed by atoms with Gasteiger partial charge in [-0.05, 0) is 56.7 Å². The van der Waals surface area contributed by atoms with Crippen LogP contribution in [0.15, 0.2) is 18.2 Å². The molecule has 0 spiro atoms. The van der Waals surface area contributed by atoms with Gasteiger partial charge in [-0.2, -0.15) is 0 Å². The number of anilines is 2. The summed E-state index contributed by atoms with van der Waals surface area (Å²) in [6.07, 6.45) is 7.18. The molecule has 0 aromatic heterocycles. The van der Waals surface area contributed by atoms with Crippen molar-refractivity contribution in [1.82, 2.24) is 4.90 Å². The Balaban J connectivity index is 1.64. The molecule has 5 heteroatoms. The second-order valence-electron chi connectivity index (χ2n) is 6.19. The number of nitrogens with one attached hydrogen (secondary N) is 1. The van der Waals surface area contributed by atoms with Gasteiger partial charge in [0.05, 0.1) is 10.7 Å². The number of halogens is 1. The lowest BCUT2D eigenvalue weighted by molar-refractivity contribution is 0.200. The van der Waals surface area contributed by atoms with Crippen LogP contribution in [0.2, 0.25) is 5.02 Å². The van der Waals surface area contributed by atoms with Crippen molar-refractivity contribution < 1.29 is 4.79 Å². The summed E-state index contributed by atoms with van der Waals surface area (Å²) in [4.78, 5) is 16.4. The highest BCUT2D eigenvalue weighted by Gasteiger charge is 2.18. The Morgan fingerprint density at radius 2 is 1.59 bits per heavy atom. The van der Waals surface area contributed by atoms with Gasteiger partial charge in [-0.15, -0.1) is 0 Å². The zero-order valence-electron chi connectivity index (χ0n) is 13.0. The molecule has 2 saturated heterocycles. The number of piperidine rings is 2. The molecule has 1 aromatic rings. The maximum Gasteiger partial charge on any atom is 0.321 e. The number of carbonyl (C=O) groups excluding carboxylic acids is 1. The van der Waals surface area contributed by atoms with Gasteiger partial charge in [-0.25, -0.2) is 4.79 Å². The molecule has 0 radical (unpaired) electrons. The summed E-state index contributed by atoms with van der Waals surface area (Å²) in [6, 6.07) is 5.84. The molecule has 0 bridgehead atoms. The fraction of sp³-hybridized carbons (Fsp3) is 0.588. The van der Waals surface area contributed by atoms with Gasteiger partial charge < -0.3 is 15.1 Å². The highest BCUT2D eigenvalue weighted by molar-refractivity contribution is 6.33. The van der Waals surface area contributed by atoms with Crippen molar-refractivity contribution in [1.29, 1.82) is 0 Å². The number of rotatable bonds is 2. The first kappa shape index (κ1) is 15.5. The molecule has 120 valence electrons. The molecule has 1 aromatic carbocycles. The lowest BCUT2D eigenvalue weighted by Gasteiger charge is -2.30. The number of urea groups is 1. The fourth-order valence-corrected chi connectivity index (χ4v) is 3.58. The Hall–Kier alpha value is -1.42. The zero-order valence-corrected chi connectivity index (χ0v) is 13.7. The van der Waals surface area contributed by atoms with Crippen LogP contribution in [0.25, 0.3) is 0 Å². The minimum Gasteiger partial charge on any atom is -0.370 e. The predicted octanol–water partition coefficient (Wildman–Crippen LogP) is 4.35. The Labute approximate surface area is 137 Å². The molecule has 0 saturated carbocycles. The number of hydrogen-bond acceptors (Lipinski definition) is 2. The maximum absolute atomic E-state index is 12.2. The number of amides is 2. The van der Waals surface area contributed by atoms with Crippen molar-refractivity contribution in [3.8, 4) is 0 Å². The van der Waals surface area contributed by atoms with E-state index in [0.717, 1.165) is 55.4 Å². The van der Waals surface area contributed by atoms with Crippen molar-refractivity contribution in [2.24, 2.45) is 0 Å². The van der Waals surface area contributed by atoms with E-state index in [1.54, 1.807) is 0 Å². The molecular formula is C17H24ClN3O. The van der Waals surface area contributed by atoms with Crippen molar-refractivity contribution in [2.45, 2.75) is 38.5 Å². The lowest BCUT2D eigenvalue weighted by Crippen LogP contribution is -2.38. The summed E-state index contributed by atoms with van der Waals surface area (Å²) < 4.78 is 0. The van der Waals surface area contributed by atoms with E-state index in [0.29, 0.717) is 0 Å². The van der Waals surface area contributed by atoms with Crippen LogP contribution in [-0.2, 0) is 0 Å². The van der Waals surface area contributed by atoms with Crippen LogP contribution in [0.5, 0.6) is 0 Å². The molecule has 2 heterocycles. The molecule has 2 amide bonds. The SMILES string of the molecule is O=C(Nc1ccc(N2CCCCC2)c(Cl)c1)N1CCCCC1. The van der Waals surface area contributed by atoms with Gasteiger partial charge >= 0.3 is 6.03 Å². The average Bonchev–Trinajstić information content (AvgIpc) is 2.56. The Morgan fingerprint density at radius 3 is 2.23 bits per heavy atom. The summed E-state index contributed by atoms with van der Waals surface area (Å²) >= 11 is 6.43. The second kappa shape index (κ2) is 7.23. The van der Waals surface area contributed by atoms with Crippen LogP contribution < -0.4 is 10.2 Å². The van der Waals surface area contributed by atoms with E-state index < -0.39 is 0 Å². The largest absolute Gasteiger partial charge is 0.370 e. The van der Waals surface area contributed by atoms with Gasteiger partial charge in [0, 0.05) is 31.9 Å². The van der Waals surface area contributed by atoms with E-state index in [9.17, 15) is 4.79 Å². The van der Waals surface area contributed by atoms with Crippen LogP contribution in [0.4, 0.5) is 16.2 Å². The first-order valence-electron chi connectivity index (χ1n) is 8.34. The Kier molecular flexibility index (Phi) is 5.08. The van der Waals surface area contributed by atoms with Gasteiger partial charge in [-0.1, -0.05) is 11.6 Å². The first-order valence-corrected chi connectivity index (χ1v) is 8.72. The van der Waals surface area contributed by atoms with Gasteiger partial charge in [-0.3, -0.25) is 0 Å². The zero-order chi connectivity index (χ0) is 15.4. The topological polar surface area (TPSA) is 35.6 Å². The summed E-state index contributed by atoms with van der Waals surface area (Å²) in [5.41, 5.74) is 1.86. The standard InChI is InChI=1S/C17H24ClN3O/c18-15-13-14(19-17(22)21-11-5-2-6-12-21)7-8-16(15)20-9-3-1-4-10-20/h7-8,13H,1-6,9-12H2,(H,19,22). The molecule has 2 fully saturated rings. The fourth-order valence-electron chi connectivity index (χ4n) is 3.28. The Morgan fingerprint density at radius 1 is 0.955 bits per heavy atom. The third kappa shape index (κ3) is 3.67. The number of hydrogen-bond donors (Lipinski definition) is 1. The van der Waals surface area contributed by atoms with Crippen LogP contribution >= 0.6 is 11.6 Å². The average molecular weight is 322 g/mol. The van der Waals surface area contributed by atoms with E-state index in [-0.39, 0.29) is 6.03 Å². The van der Waals surface area contributed by atoms with Gasteiger partial charge in [0.1, 0.15) is 0 Å². The molecule has 0 atom stereocenters. The highest BCUT2D eigenvalue weighted by Crippen LogP contribution is 2.31. The van der Waals surface area contributed by atoms with Crippen molar-refractivity contribution >= 4 is 29.0 Å². The van der Waals surface area contributed by atoms with Gasteiger partial charge in [0.2, 0.25) is 0 Å². The number of carbonyl (C=O) groups is 1. The third-order valence-electron chi connectivity index (χ3n) is 4.54. The molecule has 4 nitrogen and oxygen atoms in total. The summed E-state index contributed by atoms with van der Waals surface area (Å²) in [5.74, 6) is 0. The normalized spacial score (nSPS) is 19.1. The maximum atomic E-state index is 12.2. The van der Waals surface area contributed by atoms with Crippen LogP contribution in [0.3, 0.4) is 0 Å². The van der Waals surface area contributed by atoms with E-state index in [1.807, 2.05) is 23.1 Å². The quantitative estimate of drug-likeness (QED) is 0.879. The van der Waals surface area contributed by atoms with Crippen LogP contribution in [-0.4, -0.2) is 37.1 Å². The molecule has 0 aliphatic carbocycles. The first-order chi connectivity index (χ1) is 10.7. The molecule has 2 aliphatic rings. The number of benzene rings is 1. The van der Waals surface area contributed by atoms with Crippen molar-refractivity contribution in [3.63, 3.8) is 0 Å².